The first-order valence-corrected chi connectivity index (χ1v) is 11.5. The molecule has 1 aliphatic rings. The van der Waals surface area contributed by atoms with Gasteiger partial charge in [0.25, 0.3) is 0 Å². The Bertz CT molecular complexity index is 1100. The van der Waals surface area contributed by atoms with E-state index in [0.717, 1.165) is 58.9 Å². The van der Waals surface area contributed by atoms with Crippen LogP contribution in [0.3, 0.4) is 0 Å². The second kappa shape index (κ2) is 10.5. The molecule has 4 rings (SSSR count). The Labute approximate surface area is 195 Å². The van der Waals surface area contributed by atoms with Gasteiger partial charge < -0.3 is 25.0 Å². The molecule has 1 atom stereocenters. The third-order valence-corrected chi connectivity index (χ3v) is 6.02. The predicted octanol–water partition coefficient (Wildman–Crippen LogP) is 3.47. The van der Waals surface area contributed by atoms with E-state index in [-0.39, 0.29) is 11.8 Å². The van der Waals surface area contributed by atoms with Crippen LogP contribution in [0.2, 0.25) is 0 Å². The fraction of sp³-hybridized carbons (Fsp3) is 0.385. The van der Waals surface area contributed by atoms with Crippen LogP contribution in [0, 0.1) is 5.92 Å². The van der Waals surface area contributed by atoms with Gasteiger partial charge >= 0.3 is 0 Å². The molecule has 0 spiro atoms. The molecular weight excluding hydrogens is 416 g/mol. The summed E-state index contributed by atoms with van der Waals surface area (Å²) in [6.45, 7) is 5.57. The normalized spacial score (nSPS) is 15.6. The largest absolute Gasteiger partial charge is 0.497 e. The fourth-order valence-electron chi connectivity index (χ4n) is 4.23. The summed E-state index contributed by atoms with van der Waals surface area (Å²) in [5.74, 6) is 1.74. The van der Waals surface area contributed by atoms with Crippen molar-refractivity contribution in [3.8, 4) is 22.8 Å². The molecule has 1 aromatic heterocycles. The van der Waals surface area contributed by atoms with Gasteiger partial charge in [0.05, 0.1) is 24.2 Å². The summed E-state index contributed by atoms with van der Waals surface area (Å²) in [6.07, 6.45) is 0.847. The Kier molecular flexibility index (Phi) is 7.29. The summed E-state index contributed by atoms with van der Waals surface area (Å²) in [4.78, 5) is 19.6. The van der Waals surface area contributed by atoms with Gasteiger partial charge in [-0.15, -0.1) is 0 Å². The Morgan fingerprint density at radius 1 is 1.15 bits per heavy atom. The smallest absolute Gasteiger partial charge is 0.224 e. The highest BCUT2D eigenvalue weighted by Gasteiger charge is 2.29. The summed E-state index contributed by atoms with van der Waals surface area (Å²) in [5.41, 5.74) is 3.87. The molecule has 7 nitrogen and oxygen atoms in total. The molecule has 2 heterocycles. The van der Waals surface area contributed by atoms with Crippen molar-refractivity contribution in [3.05, 3.63) is 48.5 Å². The molecule has 0 radical (unpaired) electrons. The van der Waals surface area contributed by atoms with E-state index >= 15 is 0 Å². The number of methoxy groups -OCH3 is 1. The van der Waals surface area contributed by atoms with Crippen LogP contribution in [0.25, 0.3) is 22.2 Å². The van der Waals surface area contributed by atoms with E-state index in [9.17, 15) is 4.79 Å². The zero-order chi connectivity index (χ0) is 23.2. The van der Waals surface area contributed by atoms with Gasteiger partial charge in [-0.2, -0.15) is 0 Å². The Hall–Kier alpha value is -3.32. The monoisotopic (exact) mass is 448 g/mol. The van der Waals surface area contributed by atoms with E-state index in [1.165, 1.54) is 0 Å². The molecular formula is C26H32N4O3. The number of nitrogens with one attached hydrogen (secondary N) is 2. The minimum absolute atomic E-state index is 0.00362. The number of nitrogens with zero attached hydrogens (tertiary/aromatic N) is 2. The summed E-state index contributed by atoms with van der Waals surface area (Å²) >= 11 is 0. The number of likely N-dealkylation sites (N-methyl/N-ethyl adjacent to an activating group) is 1. The van der Waals surface area contributed by atoms with E-state index in [1.807, 2.05) is 50.4 Å². The lowest BCUT2D eigenvalue weighted by Gasteiger charge is -2.22. The summed E-state index contributed by atoms with van der Waals surface area (Å²) in [6, 6.07) is 16.1. The van der Waals surface area contributed by atoms with Crippen molar-refractivity contribution in [1.82, 2.24) is 15.6 Å². The number of pyridine rings is 1. The lowest BCUT2D eigenvalue weighted by molar-refractivity contribution is -0.124. The van der Waals surface area contributed by atoms with Crippen LogP contribution in [0.1, 0.15) is 13.3 Å². The summed E-state index contributed by atoms with van der Waals surface area (Å²) in [7, 11) is 3.57. The van der Waals surface area contributed by atoms with Crippen molar-refractivity contribution in [2.75, 3.05) is 51.8 Å². The maximum atomic E-state index is 12.4. The van der Waals surface area contributed by atoms with Crippen LogP contribution in [-0.2, 0) is 4.79 Å². The van der Waals surface area contributed by atoms with Gasteiger partial charge in [-0.1, -0.05) is 0 Å². The van der Waals surface area contributed by atoms with Gasteiger partial charge in [0.2, 0.25) is 5.91 Å². The Morgan fingerprint density at radius 3 is 2.67 bits per heavy atom. The minimum atomic E-state index is 0.00362. The standard InChI is InChI=1S/C26H32N4O3/c1-4-28-26(31)19-11-13-30(17-19)25-16-23(29-24-15-21(32-3)9-10-22(24)25)18-5-7-20(8-6-18)33-14-12-27-2/h5-10,15-16,19,27H,4,11-14,17H2,1-3H3,(H,28,31)/t19-/m0/s1. The van der Waals surface area contributed by atoms with Crippen molar-refractivity contribution in [2.24, 2.45) is 5.92 Å². The minimum Gasteiger partial charge on any atom is -0.497 e. The number of amides is 1. The number of carbonyl (C=O) groups is 1. The molecule has 0 saturated carbocycles. The number of aromatic nitrogens is 1. The van der Waals surface area contributed by atoms with Crippen LogP contribution in [0.5, 0.6) is 11.5 Å². The number of anilines is 1. The zero-order valence-corrected chi connectivity index (χ0v) is 19.6. The van der Waals surface area contributed by atoms with E-state index in [1.54, 1.807) is 7.11 Å². The Morgan fingerprint density at radius 2 is 1.94 bits per heavy atom. The number of hydrogen-bond donors (Lipinski definition) is 2. The number of carbonyl (C=O) groups excluding carboxylic acids is 1. The fourth-order valence-corrected chi connectivity index (χ4v) is 4.23. The topological polar surface area (TPSA) is 75.7 Å². The lowest BCUT2D eigenvalue weighted by atomic mass is 10.1. The lowest BCUT2D eigenvalue weighted by Crippen LogP contribution is -2.32. The average molecular weight is 449 g/mol. The quantitative estimate of drug-likeness (QED) is 0.488. The maximum Gasteiger partial charge on any atom is 0.224 e. The third-order valence-electron chi connectivity index (χ3n) is 6.02. The number of fused-ring (bicyclic) bond motifs is 1. The molecule has 0 unspecified atom stereocenters. The predicted molar refractivity (Wildman–Crippen MR) is 132 cm³/mol. The maximum absolute atomic E-state index is 12.4. The van der Waals surface area contributed by atoms with Crippen LogP contribution in [0.15, 0.2) is 48.5 Å². The molecule has 7 heteroatoms. The van der Waals surface area contributed by atoms with Crippen LogP contribution >= 0.6 is 0 Å². The SMILES string of the molecule is CCNC(=O)[C@H]1CCN(c2cc(-c3ccc(OCCNC)cc3)nc3cc(OC)ccc23)C1. The van der Waals surface area contributed by atoms with E-state index in [4.69, 9.17) is 14.5 Å². The second-order valence-corrected chi connectivity index (χ2v) is 8.21. The highest BCUT2D eigenvalue weighted by atomic mass is 16.5. The summed E-state index contributed by atoms with van der Waals surface area (Å²) < 4.78 is 11.2. The second-order valence-electron chi connectivity index (χ2n) is 8.21. The van der Waals surface area contributed by atoms with Gasteiger partial charge in [-0.05, 0) is 62.9 Å². The van der Waals surface area contributed by atoms with Gasteiger partial charge in [-0.3, -0.25) is 4.79 Å². The number of rotatable bonds is 9. The zero-order valence-electron chi connectivity index (χ0n) is 19.6. The van der Waals surface area contributed by atoms with Gasteiger partial charge in [-0.25, -0.2) is 4.98 Å². The first-order chi connectivity index (χ1) is 16.1. The van der Waals surface area contributed by atoms with Crippen LogP contribution in [-0.4, -0.2) is 57.8 Å². The highest BCUT2D eigenvalue weighted by molar-refractivity contribution is 5.95. The Balaban J connectivity index is 1.67. The van der Waals surface area contributed by atoms with E-state index in [2.05, 4.69) is 27.7 Å². The molecule has 33 heavy (non-hydrogen) atoms. The molecule has 0 bridgehead atoms. The third kappa shape index (κ3) is 5.20. The first-order valence-electron chi connectivity index (χ1n) is 11.5. The average Bonchev–Trinajstić information content (AvgIpc) is 3.34. The van der Waals surface area contributed by atoms with E-state index < -0.39 is 0 Å². The molecule has 1 aliphatic heterocycles. The number of hydrogen-bond acceptors (Lipinski definition) is 6. The van der Waals surface area contributed by atoms with Crippen molar-refractivity contribution in [3.63, 3.8) is 0 Å². The van der Waals surface area contributed by atoms with Crippen LogP contribution < -0.4 is 25.0 Å². The molecule has 3 aromatic rings. The first kappa shape index (κ1) is 22.9. The van der Waals surface area contributed by atoms with Gasteiger partial charge in [0.1, 0.15) is 18.1 Å². The van der Waals surface area contributed by atoms with Crippen molar-refractivity contribution in [2.45, 2.75) is 13.3 Å². The number of benzene rings is 2. The van der Waals surface area contributed by atoms with E-state index in [0.29, 0.717) is 19.7 Å². The van der Waals surface area contributed by atoms with Crippen molar-refractivity contribution < 1.29 is 14.3 Å². The van der Waals surface area contributed by atoms with Crippen molar-refractivity contribution in [1.29, 1.82) is 0 Å². The van der Waals surface area contributed by atoms with Gasteiger partial charge in [0.15, 0.2) is 0 Å². The molecule has 174 valence electrons. The number of ether oxygens (including phenoxy) is 2. The van der Waals surface area contributed by atoms with Crippen LogP contribution in [0.4, 0.5) is 5.69 Å². The molecule has 2 aromatic carbocycles. The molecule has 1 amide bonds. The molecule has 2 N–H and O–H groups in total. The molecule has 1 saturated heterocycles. The highest BCUT2D eigenvalue weighted by Crippen LogP contribution is 2.35. The summed E-state index contributed by atoms with van der Waals surface area (Å²) in [5, 5.41) is 7.10. The molecule has 0 aliphatic carbocycles. The van der Waals surface area contributed by atoms with Gasteiger partial charge in [0, 0.05) is 48.9 Å². The molecule has 1 fully saturated rings. The van der Waals surface area contributed by atoms with Crippen molar-refractivity contribution >= 4 is 22.5 Å².